The van der Waals surface area contributed by atoms with E-state index in [4.69, 9.17) is 9.47 Å². The van der Waals surface area contributed by atoms with E-state index in [1.54, 1.807) is 19.2 Å². The average Bonchev–Trinajstić information content (AvgIpc) is 2.45. The predicted octanol–water partition coefficient (Wildman–Crippen LogP) is 4.23. The molecule has 0 aromatic heterocycles. The molecular weight excluding hydrogens is 344 g/mol. The summed E-state index contributed by atoms with van der Waals surface area (Å²) in [6, 6.07) is 9.28. The fraction of sp³-hybridized carbons (Fsp3) is 0.200. The van der Waals surface area contributed by atoms with Gasteiger partial charge in [-0.1, -0.05) is 12.1 Å². The lowest BCUT2D eigenvalue weighted by Crippen LogP contribution is -2.13. The van der Waals surface area contributed by atoms with Crippen LogP contribution < -0.4 is 14.8 Å². The van der Waals surface area contributed by atoms with Crippen LogP contribution in [0.1, 0.15) is 0 Å². The van der Waals surface area contributed by atoms with E-state index >= 15 is 0 Å². The first-order valence-corrected chi connectivity index (χ1v) is 7.05. The molecule has 21 heavy (non-hydrogen) atoms. The summed E-state index contributed by atoms with van der Waals surface area (Å²) in [5.74, 6) is -0.0403. The average molecular weight is 358 g/mol. The van der Waals surface area contributed by atoms with Crippen LogP contribution in [0.5, 0.6) is 11.5 Å². The maximum Gasteiger partial charge on any atom is 0.161 e. The van der Waals surface area contributed by atoms with Crippen molar-refractivity contribution in [3.63, 3.8) is 0 Å². The van der Waals surface area contributed by atoms with Gasteiger partial charge in [-0.15, -0.1) is 0 Å². The molecule has 0 heterocycles. The van der Waals surface area contributed by atoms with Gasteiger partial charge in [0.05, 0.1) is 12.8 Å². The first kappa shape index (κ1) is 15.6. The number of nitrogens with one attached hydrogen (secondary N) is 1. The van der Waals surface area contributed by atoms with Crippen molar-refractivity contribution in [2.45, 2.75) is 0 Å². The van der Waals surface area contributed by atoms with Crippen LogP contribution in [0.4, 0.5) is 14.5 Å². The van der Waals surface area contributed by atoms with Crippen LogP contribution in [0, 0.1) is 11.6 Å². The Hall–Kier alpha value is -1.82. The van der Waals surface area contributed by atoms with E-state index in [1.807, 2.05) is 12.1 Å². The Bertz CT molecular complexity index is 599. The van der Waals surface area contributed by atoms with Crippen LogP contribution in [0.3, 0.4) is 0 Å². The van der Waals surface area contributed by atoms with Gasteiger partial charge in [0.15, 0.2) is 11.5 Å². The largest absolute Gasteiger partial charge is 0.493 e. The minimum absolute atomic E-state index is 0.208. The molecule has 6 heteroatoms. The van der Waals surface area contributed by atoms with E-state index in [2.05, 4.69) is 21.2 Å². The molecule has 2 aromatic carbocycles. The van der Waals surface area contributed by atoms with Crippen molar-refractivity contribution in [1.82, 2.24) is 0 Å². The molecule has 0 bridgehead atoms. The third-order valence-electron chi connectivity index (χ3n) is 2.74. The van der Waals surface area contributed by atoms with Crippen molar-refractivity contribution in [1.29, 1.82) is 0 Å². The van der Waals surface area contributed by atoms with Gasteiger partial charge in [-0.2, -0.15) is 0 Å². The predicted molar refractivity (Wildman–Crippen MR) is 81.0 cm³/mol. The van der Waals surface area contributed by atoms with Crippen molar-refractivity contribution < 1.29 is 18.3 Å². The lowest BCUT2D eigenvalue weighted by Gasteiger charge is -2.12. The second kappa shape index (κ2) is 7.26. The van der Waals surface area contributed by atoms with Crippen molar-refractivity contribution in [2.75, 3.05) is 25.6 Å². The van der Waals surface area contributed by atoms with Crippen molar-refractivity contribution in [3.8, 4) is 11.5 Å². The number of ether oxygens (including phenoxy) is 2. The van der Waals surface area contributed by atoms with Crippen molar-refractivity contribution >= 4 is 21.6 Å². The topological polar surface area (TPSA) is 30.5 Å². The second-order valence-corrected chi connectivity index (χ2v) is 5.02. The molecule has 3 nitrogen and oxygen atoms in total. The fourth-order valence-corrected chi connectivity index (χ4v) is 2.33. The van der Waals surface area contributed by atoms with Gasteiger partial charge in [0.25, 0.3) is 0 Å². The van der Waals surface area contributed by atoms with Crippen LogP contribution in [-0.2, 0) is 0 Å². The van der Waals surface area contributed by atoms with Crippen LogP contribution in [0.25, 0.3) is 0 Å². The Labute approximate surface area is 130 Å². The number of anilines is 1. The highest BCUT2D eigenvalue weighted by Gasteiger charge is 2.09. The second-order valence-electron chi connectivity index (χ2n) is 4.17. The molecule has 0 saturated carbocycles. The van der Waals surface area contributed by atoms with E-state index in [0.29, 0.717) is 29.1 Å². The molecule has 0 aliphatic rings. The SMILES string of the molecule is COc1ccccc1OCCNc1c(F)cc(F)cc1Br. The van der Waals surface area contributed by atoms with E-state index in [1.165, 1.54) is 6.07 Å². The summed E-state index contributed by atoms with van der Waals surface area (Å²) < 4.78 is 37.6. The first-order chi connectivity index (χ1) is 10.1. The minimum Gasteiger partial charge on any atom is -0.493 e. The highest BCUT2D eigenvalue weighted by atomic mass is 79.9. The standard InChI is InChI=1S/C15H14BrF2NO2/c1-20-13-4-2-3-5-14(13)21-7-6-19-15-11(16)8-10(17)9-12(15)18/h2-5,8-9,19H,6-7H2,1H3. The van der Waals surface area contributed by atoms with Gasteiger partial charge in [0.2, 0.25) is 0 Å². The lowest BCUT2D eigenvalue weighted by atomic mass is 10.3. The van der Waals surface area contributed by atoms with Crippen LogP contribution in [0.15, 0.2) is 40.9 Å². The third kappa shape index (κ3) is 4.07. The summed E-state index contributed by atoms with van der Waals surface area (Å²) in [6.07, 6.45) is 0. The van der Waals surface area contributed by atoms with Gasteiger partial charge in [-0.05, 0) is 34.1 Å². The summed E-state index contributed by atoms with van der Waals surface area (Å²) in [7, 11) is 1.56. The minimum atomic E-state index is -0.654. The number of halogens is 3. The molecule has 1 N–H and O–H groups in total. The Morgan fingerprint density at radius 2 is 1.86 bits per heavy atom. The van der Waals surface area contributed by atoms with Gasteiger partial charge in [-0.25, -0.2) is 8.78 Å². The molecule has 0 aliphatic carbocycles. The van der Waals surface area contributed by atoms with Crippen LogP contribution in [-0.4, -0.2) is 20.3 Å². The van der Waals surface area contributed by atoms with E-state index in [-0.39, 0.29) is 5.69 Å². The number of rotatable bonds is 6. The zero-order valence-corrected chi connectivity index (χ0v) is 12.9. The molecule has 0 aliphatic heterocycles. The monoisotopic (exact) mass is 357 g/mol. The lowest BCUT2D eigenvalue weighted by molar-refractivity contribution is 0.305. The van der Waals surface area contributed by atoms with Crippen molar-refractivity contribution in [3.05, 3.63) is 52.5 Å². The third-order valence-corrected chi connectivity index (χ3v) is 3.36. The summed E-state index contributed by atoms with van der Waals surface area (Å²) in [4.78, 5) is 0. The number of hydrogen-bond donors (Lipinski definition) is 1. The van der Waals surface area contributed by atoms with Crippen LogP contribution >= 0.6 is 15.9 Å². The molecule has 0 atom stereocenters. The fourth-order valence-electron chi connectivity index (χ4n) is 1.79. The molecular formula is C15H14BrF2NO2. The molecule has 0 amide bonds. The number of methoxy groups -OCH3 is 1. The highest BCUT2D eigenvalue weighted by molar-refractivity contribution is 9.10. The van der Waals surface area contributed by atoms with Gasteiger partial charge in [0, 0.05) is 17.1 Å². The maximum absolute atomic E-state index is 13.6. The van der Waals surface area contributed by atoms with E-state index in [0.717, 1.165) is 6.07 Å². The normalized spacial score (nSPS) is 10.3. The number of hydrogen-bond acceptors (Lipinski definition) is 3. The zero-order valence-electron chi connectivity index (χ0n) is 11.3. The summed E-state index contributed by atoms with van der Waals surface area (Å²) >= 11 is 3.11. The molecule has 112 valence electrons. The Morgan fingerprint density at radius 3 is 2.52 bits per heavy atom. The maximum atomic E-state index is 13.6. The van der Waals surface area contributed by atoms with Gasteiger partial charge in [-0.3, -0.25) is 0 Å². The molecule has 2 rings (SSSR count). The number of benzene rings is 2. The van der Waals surface area contributed by atoms with Gasteiger partial charge >= 0.3 is 0 Å². The summed E-state index contributed by atoms with van der Waals surface area (Å²) in [6.45, 7) is 0.669. The van der Waals surface area contributed by atoms with E-state index in [9.17, 15) is 8.78 Å². The van der Waals surface area contributed by atoms with Gasteiger partial charge in [0.1, 0.15) is 18.2 Å². The first-order valence-electron chi connectivity index (χ1n) is 6.26. The highest BCUT2D eigenvalue weighted by Crippen LogP contribution is 2.27. The Morgan fingerprint density at radius 1 is 1.14 bits per heavy atom. The summed E-state index contributed by atoms with van der Waals surface area (Å²) in [5.41, 5.74) is 0.208. The molecule has 0 spiro atoms. The molecule has 2 aromatic rings. The smallest absolute Gasteiger partial charge is 0.161 e. The van der Waals surface area contributed by atoms with Gasteiger partial charge < -0.3 is 14.8 Å². The summed E-state index contributed by atoms with van der Waals surface area (Å²) in [5, 5.41) is 2.86. The van der Waals surface area contributed by atoms with Crippen LogP contribution in [0.2, 0.25) is 0 Å². The molecule has 0 radical (unpaired) electrons. The Balaban J connectivity index is 1.91. The number of para-hydroxylation sites is 2. The Kier molecular flexibility index (Phi) is 5.38. The zero-order chi connectivity index (χ0) is 15.2. The quantitative estimate of drug-likeness (QED) is 0.784. The molecule has 0 unspecified atom stereocenters. The molecule has 0 saturated heterocycles. The van der Waals surface area contributed by atoms with E-state index < -0.39 is 11.6 Å². The molecule has 0 fully saturated rings. The van der Waals surface area contributed by atoms with Crippen molar-refractivity contribution in [2.24, 2.45) is 0 Å².